The minimum Gasteiger partial charge on any atom is -0.444 e. The van der Waals surface area contributed by atoms with Crippen LogP contribution >= 0.6 is 0 Å². The summed E-state index contributed by atoms with van der Waals surface area (Å²) in [5.74, 6) is 0. The van der Waals surface area contributed by atoms with E-state index in [1.165, 1.54) is 9.80 Å². The molecule has 8 heteroatoms. The Morgan fingerprint density at radius 3 is 2.41 bits per heavy atom. The number of likely N-dealkylation sites (tertiary alicyclic amines) is 1. The lowest BCUT2D eigenvalue weighted by atomic mass is 9.94. The Balaban J connectivity index is 1.99. The van der Waals surface area contributed by atoms with E-state index < -0.39 is 23.9 Å². The molecule has 2 rings (SSSR count). The van der Waals surface area contributed by atoms with Crippen molar-refractivity contribution in [3.63, 3.8) is 0 Å². The number of nitrogens with one attached hydrogen (secondary N) is 1. The second-order valence-electron chi connectivity index (χ2n) is 6.94. The minimum atomic E-state index is -4.26. The van der Waals surface area contributed by atoms with Gasteiger partial charge in [-0.2, -0.15) is 13.2 Å². The molecule has 0 aromatic rings. The Morgan fingerprint density at radius 1 is 1.27 bits per heavy atom. The van der Waals surface area contributed by atoms with Crippen molar-refractivity contribution in [1.82, 2.24) is 15.1 Å². The molecule has 3 atom stereocenters. The van der Waals surface area contributed by atoms with Gasteiger partial charge in [-0.3, -0.25) is 4.90 Å². The Labute approximate surface area is 128 Å². The van der Waals surface area contributed by atoms with E-state index in [2.05, 4.69) is 5.32 Å². The highest BCUT2D eigenvalue weighted by molar-refractivity contribution is 5.70. The maximum atomic E-state index is 13.1. The van der Waals surface area contributed by atoms with E-state index in [1.807, 2.05) is 0 Å². The lowest BCUT2D eigenvalue weighted by Gasteiger charge is -2.54. The van der Waals surface area contributed by atoms with Crippen molar-refractivity contribution in [3.05, 3.63) is 0 Å². The molecule has 128 valence electrons. The number of hydrogen-bond acceptors (Lipinski definition) is 4. The van der Waals surface area contributed by atoms with Crippen LogP contribution in [0.25, 0.3) is 0 Å². The minimum absolute atomic E-state index is 0.0981. The van der Waals surface area contributed by atoms with Gasteiger partial charge in [-0.05, 0) is 27.7 Å². The Morgan fingerprint density at radius 2 is 1.91 bits per heavy atom. The molecule has 5 nitrogen and oxygen atoms in total. The van der Waals surface area contributed by atoms with Crippen LogP contribution in [0.4, 0.5) is 18.0 Å². The standard InChI is InChI=1S/C14H24F3N3O2/c1-9-10(8-20(9)12(21)22-13(2,3)4)19-6-5-18-7-11(19)14(15,16)17/h9-11,18H,5-8H2,1-4H3/t9-,10-,11-/m1/s1. The van der Waals surface area contributed by atoms with Gasteiger partial charge in [0.2, 0.25) is 0 Å². The molecule has 2 aliphatic heterocycles. The summed E-state index contributed by atoms with van der Waals surface area (Å²) in [6.07, 6.45) is -4.73. The van der Waals surface area contributed by atoms with E-state index >= 15 is 0 Å². The maximum Gasteiger partial charge on any atom is 0.410 e. The molecule has 0 saturated carbocycles. The summed E-state index contributed by atoms with van der Waals surface area (Å²) in [6, 6.07) is -2.05. The SMILES string of the molecule is C[C@@H]1[C@H](N2CCNC[C@@H]2C(F)(F)F)CN1C(=O)OC(C)(C)C. The lowest BCUT2D eigenvalue weighted by molar-refractivity contribution is -0.204. The summed E-state index contributed by atoms with van der Waals surface area (Å²) >= 11 is 0. The molecule has 0 aromatic carbocycles. The Kier molecular flexibility index (Phi) is 4.64. The second kappa shape index (κ2) is 5.88. The van der Waals surface area contributed by atoms with Crippen LogP contribution in [-0.2, 0) is 4.74 Å². The van der Waals surface area contributed by atoms with E-state index in [9.17, 15) is 18.0 Å². The zero-order chi connectivity index (χ0) is 16.7. The van der Waals surface area contributed by atoms with E-state index in [-0.39, 0.29) is 25.2 Å². The fourth-order valence-electron chi connectivity index (χ4n) is 2.95. The first-order valence-electron chi connectivity index (χ1n) is 7.53. The molecule has 0 spiro atoms. The molecule has 1 N–H and O–H groups in total. The summed E-state index contributed by atoms with van der Waals surface area (Å²) in [7, 11) is 0. The zero-order valence-electron chi connectivity index (χ0n) is 13.4. The predicted molar refractivity (Wildman–Crippen MR) is 75.6 cm³/mol. The molecular weight excluding hydrogens is 299 g/mol. The highest BCUT2D eigenvalue weighted by Crippen LogP contribution is 2.33. The number of nitrogens with zero attached hydrogens (tertiary/aromatic N) is 2. The van der Waals surface area contributed by atoms with Crippen LogP contribution in [0.5, 0.6) is 0 Å². The van der Waals surface area contributed by atoms with Crippen LogP contribution in [-0.4, -0.2) is 72.0 Å². The van der Waals surface area contributed by atoms with Crippen molar-refractivity contribution in [2.75, 3.05) is 26.2 Å². The molecule has 0 aromatic heterocycles. The van der Waals surface area contributed by atoms with Crippen LogP contribution in [0, 0.1) is 0 Å². The van der Waals surface area contributed by atoms with Gasteiger partial charge < -0.3 is 15.0 Å². The van der Waals surface area contributed by atoms with E-state index in [4.69, 9.17) is 4.74 Å². The van der Waals surface area contributed by atoms with Crippen molar-refractivity contribution in [3.8, 4) is 0 Å². The Hall–Kier alpha value is -1.02. The fraction of sp³-hybridized carbons (Fsp3) is 0.929. The molecule has 0 radical (unpaired) electrons. The van der Waals surface area contributed by atoms with Crippen LogP contribution in [0.1, 0.15) is 27.7 Å². The molecule has 2 fully saturated rings. The van der Waals surface area contributed by atoms with Gasteiger partial charge >= 0.3 is 12.3 Å². The van der Waals surface area contributed by atoms with E-state index in [1.54, 1.807) is 27.7 Å². The van der Waals surface area contributed by atoms with Crippen molar-refractivity contribution in [2.24, 2.45) is 0 Å². The molecule has 2 aliphatic rings. The number of piperazine rings is 1. The largest absolute Gasteiger partial charge is 0.444 e. The highest BCUT2D eigenvalue weighted by Gasteiger charge is 2.52. The van der Waals surface area contributed by atoms with Gasteiger partial charge in [-0.1, -0.05) is 0 Å². The van der Waals surface area contributed by atoms with Gasteiger partial charge in [0.25, 0.3) is 0 Å². The summed E-state index contributed by atoms with van der Waals surface area (Å²) in [6.45, 7) is 8.12. The topological polar surface area (TPSA) is 44.8 Å². The molecular formula is C14H24F3N3O2. The summed E-state index contributed by atoms with van der Waals surface area (Å²) in [5, 5.41) is 2.79. The lowest BCUT2D eigenvalue weighted by Crippen LogP contribution is -2.73. The number of carbonyl (C=O) groups is 1. The van der Waals surface area contributed by atoms with Gasteiger partial charge in [0.15, 0.2) is 0 Å². The van der Waals surface area contributed by atoms with Crippen LogP contribution < -0.4 is 5.32 Å². The van der Waals surface area contributed by atoms with E-state index in [0.29, 0.717) is 13.1 Å². The summed E-state index contributed by atoms with van der Waals surface area (Å²) < 4.78 is 44.7. The third kappa shape index (κ3) is 3.65. The smallest absolute Gasteiger partial charge is 0.410 e. The maximum absolute atomic E-state index is 13.1. The van der Waals surface area contributed by atoms with Crippen molar-refractivity contribution >= 4 is 6.09 Å². The monoisotopic (exact) mass is 323 g/mol. The van der Waals surface area contributed by atoms with Crippen molar-refractivity contribution in [2.45, 2.75) is 57.6 Å². The molecule has 0 unspecified atom stereocenters. The average Bonchev–Trinajstić information content (AvgIpc) is 2.34. The first-order chi connectivity index (χ1) is 10.0. The third-order valence-electron chi connectivity index (χ3n) is 4.15. The summed E-state index contributed by atoms with van der Waals surface area (Å²) in [5.41, 5.74) is -0.606. The van der Waals surface area contributed by atoms with Crippen LogP contribution in [0.2, 0.25) is 0 Å². The van der Waals surface area contributed by atoms with Crippen LogP contribution in [0.15, 0.2) is 0 Å². The Bertz CT molecular complexity index is 423. The van der Waals surface area contributed by atoms with E-state index in [0.717, 1.165) is 0 Å². The van der Waals surface area contributed by atoms with Gasteiger partial charge in [0, 0.05) is 38.3 Å². The van der Waals surface area contributed by atoms with Gasteiger partial charge in [-0.15, -0.1) is 0 Å². The molecule has 1 amide bonds. The molecule has 2 saturated heterocycles. The first kappa shape index (κ1) is 17.3. The number of alkyl halides is 3. The van der Waals surface area contributed by atoms with Crippen molar-refractivity contribution in [1.29, 1.82) is 0 Å². The summed E-state index contributed by atoms with van der Waals surface area (Å²) in [4.78, 5) is 15.0. The molecule has 2 heterocycles. The quantitative estimate of drug-likeness (QED) is 0.800. The van der Waals surface area contributed by atoms with Gasteiger partial charge in [0.1, 0.15) is 11.6 Å². The normalized spacial score (nSPS) is 30.9. The number of hydrogen-bond donors (Lipinski definition) is 1. The number of amides is 1. The van der Waals surface area contributed by atoms with Gasteiger partial charge in [0.05, 0.1) is 0 Å². The zero-order valence-corrected chi connectivity index (χ0v) is 13.4. The third-order valence-corrected chi connectivity index (χ3v) is 4.15. The average molecular weight is 323 g/mol. The fourth-order valence-corrected chi connectivity index (χ4v) is 2.95. The number of carbonyl (C=O) groups excluding carboxylic acids is 1. The number of halogens is 3. The second-order valence-corrected chi connectivity index (χ2v) is 6.94. The van der Waals surface area contributed by atoms with Crippen molar-refractivity contribution < 1.29 is 22.7 Å². The van der Waals surface area contributed by atoms with Crippen LogP contribution in [0.3, 0.4) is 0 Å². The predicted octanol–water partition coefficient (Wildman–Crippen LogP) is 1.83. The number of ether oxygens (including phenoxy) is 1. The molecule has 0 bridgehead atoms. The highest BCUT2D eigenvalue weighted by atomic mass is 19.4. The number of rotatable bonds is 1. The molecule has 22 heavy (non-hydrogen) atoms. The molecule has 0 aliphatic carbocycles. The first-order valence-corrected chi connectivity index (χ1v) is 7.53. The van der Waals surface area contributed by atoms with Gasteiger partial charge in [-0.25, -0.2) is 4.79 Å².